The highest BCUT2D eigenvalue weighted by Crippen LogP contribution is 2.49. The lowest BCUT2D eigenvalue weighted by molar-refractivity contribution is -0.255. The van der Waals surface area contributed by atoms with E-state index in [1.165, 1.54) is 24.3 Å². The maximum Gasteiger partial charge on any atom is 0.447 e. The number of alkyl halides is 3. The summed E-state index contributed by atoms with van der Waals surface area (Å²) in [5.41, 5.74) is 3.48. The normalized spacial score (nSPS) is 24.2. The third-order valence-corrected chi connectivity index (χ3v) is 6.21. The zero-order valence-corrected chi connectivity index (χ0v) is 17.2. The maximum atomic E-state index is 14.1. The summed E-state index contributed by atoms with van der Waals surface area (Å²) in [6.07, 6.45) is -4.81. The average molecular weight is 444 g/mol. The first-order chi connectivity index (χ1) is 14.1. The Morgan fingerprint density at radius 2 is 1.83 bits per heavy atom. The second-order valence-corrected chi connectivity index (χ2v) is 8.26. The minimum Gasteiger partial charge on any atom is -0.330 e. The summed E-state index contributed by atoms with van der Waals surface area (Å²) in [6.45, 7) is 2.72. The van der Waals surface area contributed by atoms with Crippen LogP contribution in [0.2, 0.25) is 0 Å². The summed E-state index contributed by atoms with van der Waals surface area (Å²) in [4.78, 5) is 12.2. The summed E-state index contributed by atoms with van der Waals surface area (Å²) < 4.78 is 60.4. The Labute approximate surface area is 176 Å². The number of anilines is 1. The smallest absolute Gasteiger partial charge is 0.330 e. The predicted octanol–water partition coefficient (Wildman–Crippen LogP) is 4.62. The molecule has 1 aliphatic rings. The van der Waals surface area contributed by atoms with E-state index < -0.39 is 29.6 Å². The molecule has 0 saturated carbocycles. The van der Waals surface area contributed by atoms with Gasteiger partial charge >= 0.3 is 11.2 Å². The molecule has 1 amide bonds. The number of hydrogen-bond donors (Lipinski definition) is 2. The number of quaternary nitrogens is 1. The SMILES string of the molecule is CC(C)[N+]1(c2ccc(F)cc2)CSC(OCC(=O)Nc2ccccc2)(C(F)(F)F)N1. The van der Waals surface area contributed by atoms with Gasteiger partial charge in [0.15, 0.2) is 11.6 Å². The average Bonchev–Trinajstić information content (AvgIpc) is 3.10. The Kier molecular flexibility index (Phi) is 6.42. The van der Waals surface area contributed by atoms with E-state index in [1.807, 2.05) is 0 Å². The summed E-state index contributed by atoms with van der Waals surface area (Å²) in [7, 11) is 0. The third kappa shape index (κ3) is 4.46. The van der Waals surface area contributed by atoms with Gasteiger partial charge in [-0.1, -0.05) is 18.2 Å². The molecule has 10 heteroatoms. The van der Waals surface area contributed by atoms with E-state index in [1.54, 1.807) is 44.2 Å². The topological polar surface area (TPSA) is 50.4 Å². The molecule has 1 heterocycles. The van der Waals surface area contributed by atoms with Crippen LogP contribution in [-0.4, -0.2) is 35.7 Å². The molecule has 1 fully saturated rings. The monoisotopic (exact) mass is 444 g/mol. The first kappa shape index (κ1) is 22.5. The Bertz CT molecular complexity index is 880. The van der Waals surface area contributed by atoms with Crippen molar-refractivity contribution < 1.29 is 27.1 Å². The highest BCUT2D eigenvalue weighted by molar-refractivity contribution is 8.00. The van der Waals surface area contributed by atoms with E-state index in [0.29, 0.717) is 23.1 Å². The quantitative estimate of drug-likeness (QED) is 0.504. The van der Waals surface area contributed by atoms with E-state index in [2.05, 4.69) is 10.7 Å². The Balaban J connectivity index is 1.82. The largest absolute Gasteiger partial charge is 0.447 e. The number of nitrogens with zero attached hydrogens (tertiary/aromatic N) is 1. The highest BCUT2D eigenvalue weighted by atomic mass is 32.2. The fraction of sp³-hybridized carbons (Fsp3) is 0.350. The van der Waals surface area contributed by atoms with Gasteiger partial charge in [-0.3, -0.25) is 4.79 Å². The number of para-hydroxylation sites is 1. The molecular formula is C20H22F4N3O2S+. The number of hydrogen-bond acceptors (Lipinski definition) is 4. The summed E-state index contributed by atoms with van der Waals surface area (Å²) in [5, 5.41) is -0.291. The zero-order valence-electron chi connectivity index (χ0n) is 16.4. The molecule has 162 valence electrons. The number of rotatable bonds is 6. The number of ether oxygens (including phenoxy) is 1. The Morgan fingerprint density at radius 3 is 2.40 bits per heavy atom. The van der Waals surface area contributed by atoms with Crippen LogP contribution in [0, 0.1) is 5.82 Å². The summed E-state index contributed by atoms with van der Waals surface area (Å²) >= 11 is 0.520. The van der Waals surface area contributed by atoms with Crippen LogP contribution in [0.1, 0.15) is 13.8 Å². The maximum absolute atomic E-state index is 14.1. The molecule has 2 aromatic rings. The zero-order chi connectivity index (χ0) is 22.0. The van der Waals surface area contributed by atoms with Crippen LogP contribution in [0.15, 0.2) is 54.6 Å². The van der Waals surface area contributed by atoms with Crippen LogP contribution in [0.25, 0.3) is 0 Å². The molecule has 0 radical (unpaired) electrons. The van der Waals surface area contributed by atoms with Gasteiger partial charge in [0.2, 0.25) is 0 Å². The third-order valence-electron chi connectivity index (χ3n) is 4.82. The van der Waals surface area contributed by atoms with Crippen molar-refractivity contribution in [2.24, 2.45) is 0 Å². The lowest BCUT2D eigenvalue weighted by Gasteiger charge is -2.38. The standard InChI is InChI=1S/C20H21F4N3O2S/c1-14(2)27(17-10-8-15(21)9-11-17)13-30-20(26-27,19(22,23)24)29-12-18(28)25-16-6-4-3-5-7-16/h3-11,14,26H,12-13H2,1-2H3/p+1. The van der Waals surface area contributed by atoms with Crippen LogP contribution in [0.4, 0.5) is 28.9 Å². The van der Waals surface area contributed by atoms with Crippen LogP contribution in [0.5, 0.6) is 0 Å². The molecule has 0 aromatic heterocycles. The fourth-order valence-electron chi connectivity index (χ4n) is 3.13. The van der Waals surface area contributed by atoms with Gasteiger partial charge in [-0.05, 0) is 49.9 Å². The number of carbonyl (C=O) groups is 1. The van der Waals surface area contributed by atoms with Crippen molar-refractivity contribution in [3.8, 4) is 0 Å². The van der Waals surface area contributed by atoms with Gasteiger partial charge in [0.05, 0.1) is 0 Å². The van der Waals surface area contributed by atoms with Crippen LogP contribution >= 0.6 is 11.8 Å². The molecule has 2 N–H and O–H groups in total. The number of nitrogens with one attached hydrogen (secondary N) is 2. The molecule has 0 bridgehead atoms. The number of benzene rings is 2. The predicted molar refractivity (Wildman–Crippen MR) is 109 cm³/mol. The van der Waals surface area contributed by atoms with Crippen LogP contribution in [-0.2, 0) is 9.53 Å². The number of thioether (sulfide) groups is 1. The van der Waals surface area contributed by atoms with Gasteiger partial charge in [0, 0.05) is 17.8 Å². The van der Waals surface area contributed by atoms with Gasteiger partial charge < -0.3 is 10.1 Å². The first-order valence-corrected chi connectivity index (χ1v) is 10.2. The first-order valence-electron chi connectivity index (χ1n) is 9.21. The number of halogens is 4. The van der Waals surface area contributed by atoms with Crippen molar-refractivity contribution in [1.82, 2.24) is 10.0 Å². The van der Waals surface area contributed by atoms with E-state index in [4.69, 9.17) is 4.74 Å². The Morgan fingerprint density at radius 1 is 1.20 bits per heavy atom. The molecule has 0 aliphatic carbocycles. The van der Waals surface area contributed by atoms with E-state index in [0.717, 1.165) is 0 Å². The minimum absolute atomic E-state index is 0.0247. The molecular weight excluding hydrogens is 422 g/mol. The Hall–Kier alpha value is -2.14. The van der Waals surface area contributed by atoms with Crippen molar-refractivity contribution in [3.05, 3.63) is 60.4 Å². The molecule has 5 nitrogen and oxygen atoms in total. The molecule has 2 aromatic carbocycles. The van der Waals surface area contributed by atoms with Gasteiger partial charge in [-0.2, -0.15) is 17.8 Å². The van der Waals surface area contributed by atoms with Crippen LogP contribution in [0.3, 0.4) is 0 Å². The van der Waals surface area contributed by atoms with Crippen molar-refractivity contribution in [2.75, 3.05) is 17.8 Å². The molecule has 2 unspecified atom stereocenters. The molecule has 3 rings (SSSR count). The molecule has 2 atom stereocenters. The van der Waals surface area contributed by atoms with E-state index in [9.17, 15) is 22.4 Å². The molecule has 30 heavy (non-hydrogen) atoms. The van der Waals surface area contributed by atoms with Gasteiger partial charge in [0.1, 0.15) is 18.5 Å². The molecule has 1 aliphatic heterocycles. The summed E-state index contributed by atoms with van der Waals surface area (Å²) in [5.74, 6) is -1.21. The van der Waals surface area contributed by atoms with E-state index >= 15 is 0 Å². The van der Waals surface area contributed by atoms with Gasteiger partial charge in [-0.25, -0.2) is 4.39 Å². The van der Waals surface area contributed by atoms with E-state index in [-0.39, 0.29) is 16.5 Å². The van der Waals surface area contributed by atoms with Crippen molar-refractivity contribution in [2.45, 2.75) is 31.1 Å². The van der Waals surface area contributed by atoms with Gasteiger partial charge in [0.25, 0.3) is 5.91 Å². The molecule has 1 saturated heterocycles. The molecule has 0 spiro atoms. The lowest BCUT2D eigenvalue weighted by atomic mass is 10.2. The minimum atomic E-state index is -4.81. The second kappa shape index (κ2) is 8.54. The number of amides is 1. The van der Waals surface area contributed by atoms with Crippen molar-refractivity contribution >= 4 is 29.0 Å². The summed E-state index contributed by atoms with van der Waals surface area (Å²) in [6, 6.07) is 13.3. The van der Waals surface area contributed by atoms with Gasteiger partial charge in [-0.15, -0.1) is 5.43 Å². The van der Waals surface area contributed by atoms with Crippen LogP contribution < -0.4 is 15.3 Å². The fourth-order valence-corrected chi connectivity index (χ4v) is 4.56. The second-order valence-electron chi connectivity index (χ2n) is 7.14. The van der Waals surface area contributed by atoms with Crippen molar-refractivity contribution in [1.29, 1.82) is 0 Å². The highest BCUT2D eigenvalue weighted by Gasteiger charge is 2.68. The number of carbonyl (C=O) groups excluding carboxylic acids is 1. The van der Waals surface area contributed by atoms with Crippen molar-refractivity contribution in [3.63, 3.8) is 0 Å². The lowest BCUT2D eigenvalue weighted by Crippen LogP contribution is -2.68.